The number of nitrogens with zero attached hydrogens (tertiary/aromatic N) is 3. The maximum Gasteiger partial charge on any atom is 0.277 e. The van der Waals surface area contributed by atoms with Crippen LogP contribution in [0.5, 0.6) is 11.5 Å². The predicted molar refractivity (Wildman–Crippen MR) is 101 cm³/mol. The molecule has 8 heteroatoms. The Balaban J connectivity index is 1.86. The summed E-state index contributed by atoms with van der Waals surface area (Å²) < 4.78 is 12.4. The lowest BCUT2D eigenvalue weighted by Gasteiger charge is -2.09. The summed E-state index contributed by atoms with van der Waals surface area (Å²) in [5.41, 5.74) is 1.98. The Kier molecular flexibility index (Phi) is 5.22. The molecule has 2 heterocycles. The van der Waals surface area contributed by atoms with Crippen molar-refractivity contribution in [3.8, 4) is 22.8 Å². The van der Waals surface area contributed by atoms with Crippen molar-refractivity contribution in [2.24, 2.45) is 0 Å². The number of benzene rings is 1. The normalized spacial score (nSPS) is 10.6. The molecular weight excluding hydrogens is 352 g/mol. The molecule has 2 aromatic heterocycles. The van der Waals surface area contributed by atoms with Gasteiger partial charge in [-0.15, -0.1) is 11.3 Å². The summed E-state index contributed by atoms with van der Waals surface area (Å²) in [6.45, 7) is 4.64. The molecule has 0 saturated heterocycles. The SMILES string of the molecule is CCn1ccc(C(=O)Nc2nc(-c3ccc(OC)cc3OC)c(C)s2)n1. The smallest absolute Gasteiger partial charge is 0.277 e. The predicted octanol–water partition coefficient (Wildman–Crippen LogP) is 3.60. The average Bonchev–Trinajstić information content (AvgIpc) is 3.27. The lowest BCUT2D eigenvalue weighted by molar-refractivity contribution is 0.102. The van der Waals surface area contributed by atoms with Crippen LogP contribution >= 0.6 is 11.3 Å². The van der Waals surface area contributed by atoms with Crippen LogP contribution in [0.25, 0.3) is 11.3 Å². The number of anilines is 1. The molecule has 3 aromatic rings. The number of hydrogen-bond donors (Lipinski definition) is 1. The van der Waals surface area contributed by atoms with Crippen LogP contribution in [0.2, 0.25) is 0 Å². The van der Waals surface area contributed by atoms with Crippen molar-refractivity contribution < 1.29 is 14.3 Å². The lowest BCUT2D eigenvalue weighted by atomic mass is 10.1. The van der Waals surface area contributed by atoms with Gasteiger partial charge in [-0.2, -0.15) is 5.10 Å². The molecule has 136 valence electrons. The van der Waals surface area contributed by atoms with Crippen molar-refractivity contribution in [3.63, 3.8) is 0 Å². The second-order valence-corrected chi connectivity index (χ2v) is 6.70. The Bertz CT molecular complexity index is 932. The zero-order valence-electron chi connectivity index (χ0n) is 15.1. The van der Waals surface area contributed by atoms with Crippen molar-refractivity contribution in [2.75, 3.05) is 19.5 Å². The van der Waals surface area contributed by atoms with E-state index in [0.29, 0.717) is 28.9 Å². The van der Waals surface area contributed by atoms with Gasteiger partial charge in [0.2, 0.25) is 0 Å². The molecule has 7 nitrogen and oxygen atoms in total. The molecule has 1 aromatic carbocycles. The Morgan fingerprint density at radius 3 is 2.73 bits per heavy atom. The molecule has 0 saturated carbocycles. The molecule has 0 aliphatic heterocycles. The van der Waals surface area contributed by atoms with E-state index in [-0.39, 0.29) is 5.91 Å². The topological polar surface area (TPSA) is 78.3 Å². The third kappa shape index (κ3) is 3.55. The summed E-state index contributed by atoms with van der Waals surface area (Å²) in [4.78, 5) is 17.9. The van der Waals surface area contributed by atoms with Crippen molar-refractivity contribution >= 4 is 22.4 Å². The van der Waals surface area contributed by atoms with Crippen molar-refractivity contribution in [3.05, 3.63) is 41.0 Å². The largest absolute Gasteiger partial charge is 0.497 e. The molecule has 0 atom stereocenters. The molecule has 3 rings (SSSR count). The first-order chi connectivity index (χ1) is 12.5. The van der Waals surface area contributed by atoms with E-state index in [1.54, 1.807) is 31.2 Å². The second-order valence-electron chi connectivity index (χ2n) is 5.50. The van der Waals surface area contributed by atoms with E-state index < -0.39 is 0 Å². The van der Waals surface area contributed by atoms with Crippen LogP contribution in [-0.4, -0.2) is 34.9 Å². The summed E-state index contributed by atoms with van der Waals surface area (Å²) in [7, 11) is 3.21. The average molecular weight is 372 g/mol. The fourth-order valence-electron chi connectivity index (χ4n) is 2.51. The standard InChI is InChI=1S/C18H20N4O3S/c1-5-22-9-8-14(21-22)17(23)20-18-19-16(11(2)26-18)13-7-6-12(24-3)10-15(13)25-4/h6-10H,5H2,1-4H3,(H,19,20,23). The molecule has 1 N–H and O–H groups in total. The van der Waals surface area contributed by atoms with E-state index in [1.165, 1.54) is 11.3 Å². The number of carbonyl (C=O) groups is 1. The molecule has 0 fully saturated rings. The summed E-state index contributed by atoms with van der Waals surface area (Å²) in [6.07, 6.45) is 1.77. The van der Waals surface area contributed by atoms with Crippen LogP contribution in [0, 0.1) is 6.92 Å². The number of methoxy groups -OCH3 is 2. The maximum atomic E-state index is 12.3. The maximum absolute atomic E-state index is 12.3. The van der Waals surface area contributed by atoms with E-state index in [1.807, 2.05) is 32.0 Å². The molecule has 0 aliphatic carbocycles. The molecule has 0 aliphatic rings. The van der Waals surface area contributed by atoms with Gasteiger partial charge < -0.3 is 9.47 Å². The molecule has 0 unspecified atom stereocenters. The highest BCUT2D eigenvalue weighted by molar-refractivity contribution is 7.16. The lowest BCUT2D eigenvalue weighted by Crippen LogP contribution is -2.13. The van der Waals surface area contributed by atoms with Gasteiger partial charge in [0.25, 0.3) is 5.91 Å². The summed E-state index contributed by atoms with van der Waals surface area (Å²) >= 11 is 1.41. The second kappa shape index (κ2) is 7.57. The number of thiazole rings is 1. The number of carbonyl (C=O) groups excluding carboxylic acids is 1. The highest BCUT2D eigenvalue weighted by Crippen LogP contribution is 2.37. The van der Waals surface area contributed by atoms with Crippen molar-refractivity contribution in [1.29, 1.82) is 0 Å². The Morgan fingerprint density at radius 2 is 2.08 bits per heavy atom. The molecule has 0 radical (unpaired) electrons. The van der Waals surface area contributed by atoms with E-state index in [2.05, 4.69) is 15.4 Å². The Hall–Kier alpha value is -2.87. The van der Waals surface area contributed by atoms with E-state index in [9.17, 15) is 4.79 Å². The molecular formula is C18H20N4O3S. The van der Waals surface area contributed by atoms with Crippen LogP contribution in [0.4, 0.5) is 5.13 Å². The van der Waals surface area contributed by atoms with E-state index in [0.717, 1.165) is 16.1 Å². The van der Waals surface area contributed by atoms with Gasteiger partial charge >= 0.3 is 0 Å². The number of nitrogens with one attached hydrogen (secondary N) is 1. The molecule has 26 heavy (non-hydrogen) atoms. The minimum atomic E-state index is -0.279. The van der Waals surface area contributed by atoms with Gasteiger partial charge in [-0.25, -0.2) is 4.98 Å². The van der Waals surface area contributed by atoms with Crippen molar-refractivity contribution in [1.82, 2.24) is 14.8 Å². The zero-order chi connectivity index (χ0) is 18.7. The molecule has 0 spiro atoms. The first-order valence-electron chi connectivity index (χ1n) is 8.10. The summed E-state index contributed by atoms with van der Waals surface area (Å²) in [5, 5.41) is 7.54. The van der Waals surface area contributed by atoms with Gasteiger partial charge in [0.1, 0.15) is 11.5 Å². The number of hydrogen-bond acceptors (Lipinski definition) is 6. The van der Waals surface area contributed by atoms with Gasteiger partial charge in [0.05, 0.1) is 19.9 Å². The number of aryl methyl sites for hydroxylation is 2. The fourth-order valence-corrected chi connectivity index (χ4v) is 3.34. The number of ether oxygens (including phenoxy) is 2. The fraction of sp³-hybridized carbons (Fsp3) is 0.278. The van der Waals surface area contributed by atoms with Gasteiger partial charge in [0, 0.05) is 29.2 Å². The zero-order valence-corrected chi connectivity index (χ0v) is 15.9. The third-order valence-corrected chi connectivity index (χ3v) is 4.76. The van der Waals surface area contributed by atoms with Gasteiger partial charge in [-0.1, -0.05) is 0 Å². The van der Waals surface area contributed by atoms with Crippen LogP contribution in [-0.2, 0) is 6.54 Å². The first kappa shape index (κ1) is 17.9. The summed E-state index contributed by atoms with van der Waals surface area (Å²) in [6, 6.07) is 7.25. The van der Waals surface area contributed by atoms with Crippen LogP contribution in [0.3, 0.4) is 0 Å². The highest BCUT2D eigenvalue weighted by atomic mass is 32.1. The monoisotopic (exact) mass is 372 g/mol. The Labute approximate surface area is 155 Å². The highest BCUT2D eigenvalue weighted by Gasteiger charge is 2.17. The third-order valence-electron chi connectivity index (χ3n) is 3.88. The molecule has 1 amide bonds. The molecule has 0 bridgehead atoms. The van der Waals surface area contributed by atoms with E-state index >= 15 is 0 Å². The van der Waals surface area contributed by atoms with Gasteiger partial charge in [-0.3, -0.25) is 14.8 Å². The number of rotatable bonds is 6. The summed E-state index contributed by atoms with van der Waals surface area (Å²) in [5.74, 6) is 1.09. The number of amides is 1. The Morgan fingerprint density at radius 1 is 1.27 bits per heavy atom. The van der Waals surface area contributed by atoms with Crippen LogP contribution in [0.1, 0.15) is 22.3 Å². The minimum Gasteiger partial charge on any atom is -0.497 e. The van der Waals surface area contributed by atoms with Gasteiger partial charge in [0.15, 0.2) is 10.8 Å². The van der Waals surface area contributed by atoms with Crippen molar-refractivity contribution in [2.45, 2.75) is 20.4 Å². The van der Waals surface area contributed by atoms with Crippen LogP contribution < -0.4 is 14.8 Å². The number of aromatic nitrogens is 3. The quantitative estimate of drug-likeness (QED) is 0.715. The minimum absolute atomic E-state index is 0.279. The first-order valence-corrected chi connectivity index (χ1v) is 8.92. The van der Waals surface area contributed by atoms with Gasteiger partial charge in [-0.05, 0) is 32.0 Å². The van der Waals surface area contributed by atoms with E-state index in [4.69, 9.17) is 9.47 Å². The van der Waals surface area contributed by atoms with Crippen LogP contribution in [0.15, 0.2) is 30.5 Å².